The summed E-state index contributed by atoms with van der Waals surface area (Å²) in [6, 6.07) is 5.50. The molecule has 0 saturated heterocycles. The van der Waals surface area contributed by atoms with Crippen LogP contribution in [-0.2, 0) is 14.6 Å². The van der Waals surface area contributed by atoms with Crippen molar-refractivity contribution in [1.82, 2.24) is 0 Å². The summed E-state index contributed by atoms with van der Waals surface area (Å²) in [5, 5.41) is 1.93. The minimum absolute atomic E-state index is 0.184. The molecular formula is C14H20BrINO4S+. The normalized spacial score (nSPS) is 11.4. The SMILES string of the molecule is CCS(=O)(=O)CC[NH2+]CCCOC(=O)c1cc(I)ccc1Br. The van der Waals surface area contributed by atoms with Crippen molar-refractivity contribution in [3.63, 3.8) is 0 Å². The molecule has 1 rings (SSSR count). The van der Waals surface area contributed by atoms with Crippen molar-refractivity contribution in [3.05, 3.63) is 31.8 Å². The van der Waals surface area contributed by atoms with E-state index in [1.54, 1.807) is 13.0 Å². The Bertz CT molecular complexity index is 607. The average Bonchev–Trinajstić information content (AvgIpc) is 2.48. The van der Waals surface area contributed by atoms with Crippen molar-refractivity contribution in [2.45, 2.75) is 13.3 Å². The Morgan fingerprint density at radius 3 is 2.77 bits per heavy atom. The number of carbonyl (C=O) groups is 1. The molecule has 0 unspecified atom stereocenters. The average molecular weight is 505 g/mol. The number of nitrogens with two attached hydrogens (primary N) is 1. The monoisotopic (exact) mass is 504 g/mol. The third-order valence-electron chi connectivity index (χ3n) is 3.01. The number of hydrogen-bond donors (Lipinski definition) is 1. The molecule has 0 bridgehead atoms. The Balaban J connectivity index is 2.22. The van der Waals surface area contributed by atoms with E-state index in [9.17, 15) is 13.2 Å². The van der Waals surface area contributed by atoms with Gasteiger partial charge in [0, 0.05) is 20.2 Å². The van der Waals surface area contributed by atoms with Gasteiger partial charge >= 0.3 is 5.97 Å². The van der Waals surface area contributed by atoms with Crippen LogP contribution in [0.1, 0.15) is 23.7 Å². The molecule has 0 aromatic heterocycles. The highest BCUT2D eigenvalue weighted by Crippen LogP contribution is 2.20. The number of hydrogen-bond acceptors (Lipinski definition) is 4. The van der Waals surface area contributed by atoms with E-state index in [-0.39, 0.29) is 17.5 Å². The summed E-state index contributed by atoms with van der Waals surface area (Å²) in [7, 11) is -2.89. The fourth-order valence-corrected chi connectivity index (χ4v) is 3.39. The topological polar surface area (TPSA) is 77.1 Å². The van der Waals surface area contributed by atoms with E-state index in [0.717, 1.165) is 10.1 Å². The first-order chi connectivity index (χ1) is 10.4. The van der Waals surface area contributed by atoms with Gasteiger partial charge in [-0.25, -0.2) is 13.2 Å². The lowest BCUT2D eigenvalue weighted by molar-refractivity contribution is -0.651. The van der Waals surface area contributed by atoms with Crippen molar-refractivity contribution < 1.29 is 23.3 Å². The van der Waals surface area contributed by atoms with Crippen LogP contribution in [0.5, 0.6) is 0 Å². The lowest BCUT2D eigenvalue weighted by Crippen LogP contribution is -2.85. The van der Waals surface area contributed by atoms with Crippen LogP contribution in [0.3, 0.4) is 0 Å². The maximum atomic E-state index is 11.9. The highest BCUT2D eigenvalue weighted by atomic mass is 127. The van der Waals surface area contributed by atoms with Crippen LogP contribution in [0.2, 0.25) is 0 Å². The molecule has 124 valence electrons. The molecule has 0 saturated carbocycles. The van der Waals surface area contributed by atoms with E-state index in [1.807, 2.05) is 17.4 Å². The molecule has 0 spiro atoms. The molecular weight excluding hydrogens is 485 g/mol. The Labute approximate surface area is 153 Å². The van der Waals surface area contributed by atoms with Crippen LogP contribution < -0.4 is 5.32 Å². The van der Waals surface area contributed by atoms with Gasteiger partial charge in [0.05, 0.1) is 31.0 Å². The number of halogens is 2. The van der Waals surface area contributed by atoms with Crippen molar-refractivity contribution in [2.75, 3.05) is 31.2 Å². The van der Waals surface area contributed by atoms with Gasteiger partial charge in [0.15, 0.2) is 9.84 Å². The molecule has 22 heavy (non-hydrogen) atoms. The molecule has 0 atom stereocenters. The molecule has 0 aliphatic carbocycles. The Hall–Kier alpha value is -0.190. The van der Waals surface area contributed by atoms with E-state index in [4.69, 9.17) is 4.74 Å². The van der Waals surface area contributed by atoms with Crippen LogP contribution in [0.25, 0.3) is 0 Å². The Morgan fingerprint density at radius 2 is 2.09 bits per heavy atom. The summed E-state index contributed by atoms with van der Waals surface area (Å²) in [6.07, 6.45) is 0.694. The largest absolute Gasteiger partial charge is 0.462 e. The molecule has 1 aromatic carbocycles. The van der Waals surface area contributed by atoms with Gasteiger partial charge in [-0.15, -0.1) is 0 Å². The molecule has 0 aliphatic heterocycles. The van der Waals surface area contributed by atoms with Gasteiger partial charge in [0.25, 0.3) is 0 Å². The third kappa shape index (κ3) is 7.38. The number of sulfone groups is 1. The summed E-state index contributed by atoms with van der Waals surface area (Å²) in [6.45, 7) is 3.26. The first kappa shape index (κ1) is 19.9. The van der Waals surface area contributed by atoms with Gasteiger partial charge < -0.3 is 10.1 Å². The summed E-state index contributed by atoms with van der Waals surface area (Å²) >= 11 is 5.47. The number of rotatable bonds is 9. The lowest BCUT2D eigenvalue weighted by Gasteiger charge is -2.07. The maximum Gasteiger partial charge on any atom is 0.339 e. The predicted molar refractivity (Wildman–Crippen MR) is 97.7 cm³/mol. The second-order valence-electron chi connectivity index (χ2n) is 4.72. The second kappa shape index (κ2) is 9.84. The first-order valence-electron chi connectivity index (χ1n) is 7.00. The van der Waals surface area contributed by atoms with Gasteiger partial charge in [-0.2, -0.15) is 0 Å². The number of esters is 1. The fourth-order valence-electron chi connectivity index (χ4n) is 1.68. The number of carbonyl (C=O) groups excluding carboxylic acids is 1. The van der Waals surface area contributed by atoms with E-state index in [0.29, 0.717) is 29.6 Å². The van der Waals surface area contributed by atoms with Crippen molar-refractivity contribution >= 4 is 54.3 Å². The molecule has 0 amide bonds. The zero-order chi connectivity index (χ0) is 16.6. The molecule has 0 heterocycles. The zero-order valence-electron chi connectivity index (χ0n) is 12.3. The van der Waals surface area contributed by atoms with E-state index in [2.05, 4.69) is 38.5 Å². The fraction of sp³-hybridized carbons (Fsp3) is 0.500. The maximum absolute atomic E-state index is 11.9. The van der Waals surface area contributed by atoms with Gasteiger partial charge in [0.1, 0.15) is 0 Å². The molecule has 2 N–H and O–H groups in total. The Kier molecular flexibility index (Phi) is 8.88. The van der Waals surface area contributed by atoms with Gasteiger partial charge in [-0.05, 0) is 56.7 Å². The number of quaternary nitrogens is 1. The van der Waals surface area contributed by atoms with Crippen LogP contribution >= 0.6 is 38.5 Å². The standard InChI is InChI=1S/C14H19BrINO4S/c1-2-22(19,20)9-7-17-6-3-8-21-14(18)12-10-11(16)4-5-13(12)15/h4-5,10,17H,2-3,6-9H2,1H3/p+1. The quantitative estimate of drug-likeness (QED) is 0.315. The summed E-state index contributed by atoms with van der Waals surface area (Å²) in [4.78, 5) is 11.9. The predicted octanol–water partition coefficient (Wildman–Crippen LogP) is 1.60. The van der Waals surface area contributed by atoms with E-state index >= 15 is 0 Å². The lowest BCUT2D eigenvalue weighted by atomic mass is 10.2. The third-order valence-corrected chi connectivity index (χ3v) is 6.11. The van der Waals surface area contributed by atoms with Crippen molar-refractivity contribution in [1.29, 1.82) is 0 Å². The van der Waals surface area contributed by atoms with Crippen LogP contribution in [0, 0.1) is 3.57 Å². The molecule has 1 aromatic rings. The Morgan fingerprint density at radius 1 is 1.36 bits per heavy atom. The minimum Gasteiger partial charge on any atom is -0.462 e. The number of ether oxygens (including phenoxy) is 1. The molecule has 0 aliphatic rings. The summed E-state index contributed by atoms with van der Waals surface area (Å²) < 4.78 is 29.5. The summed E-state index contributed by atoms with van der Waals surface area (Å²) in [5.74, 6) is 0.0287. The van der Waals surface area contributed by atoms with E-state index < -0.39 is 9.84 Å². The van der Waals surface area contributed by atoms with Crippen LogP contribution in [-0.4, -0.2) is 45.6 Å². The molecule has 0 radical (unpaired) electrons. The van der Waals surface area contributed by atoms with Crippen LogP contribution in [0.4, 0.5) is 0 Å². The highest BCUT2D eigenvalue weighted by Gasteiger charge is 2.12. The smallest absolute Gasteiger partial charge is 0.339 e. The first-order valence-corrected chi connectivity index (χ1v) is 10.7. The van der Waals surface area contributed by atoms with Gasteiger partial charge in [-0.1, -0.05) is 6.92 Å². The van der Waals surface area contributed by atoms with Gasteiger partial charge in [-0.3, -0.25) is 0 Å². The number of benzene rings is 1. The van der Waals surface area contributed by atoms with Gasteiger partial charge in [0.2, 0.25) is 0 Å². The molecule has 8 heteroatoms. The summed E-state index contributed by atoms with van der Waals surface area (Å²) in [5.41, 5.74) is 0.518. The zero-order valence-corrected chi connectivity index (χ0v) is 16.9. The minimum atomic E-state index is -2.89. The van der Waals surface area contributed by atoms with Crippen molar-refractivity contribution in [2.24, 2.45) is 0 Å². The second-order valence-corrected chi connectivity index (χ2v) is 9.29. The highest BCUT2D eigenvalue weighted by molar-refractivity contribution is 14.1. The van der Waals surface area contributed by atoms with Crippen molar-refractivity contribution in [3.8, 4) is 0 Å². The molecule has 5 nitrogen and oxygen atoms in total. The molecule has 0 fully saturated rings. The van der Waals surface area contributed by atoms with E-state index in [1.165, 1.54) is 0 Å². The van der Waals surface area contributed by atoms with Crippen LogP contribution in [0.15, 0.2) is 22.7 Å².